The van der Waals surface area contributed by atoms with Crippen LogP contribution < -0.4 is 54.1 Å². The lowest BCUT2D eigenvalue weighted by molar-refractivity contribution is 0.600. The second-order valence-corrected chi connectivity index (χ2v) is 17.7. The normalized spacial score (nSPS) is 11.7. The summed E-state index contributed by atoms with van der Waals surface area (Å²) in [7, 11) is -6.59. The number of rotatable bonds is 8. The first-order valence-electron chi connectivity index (χ1n) is 14.2. The number of hydrogen-bond donors (Lipinski definition) is 4. The van der Waals surface area contributed by atoms with Gasteiger partial charge in [-0.2, -0.15) is 0 Å². The van der Waals surface area contributed by atoms with Gasteiger partial charge in [0.2, 0.25) is 0 Å². The zero-order valence-electron chi connectivity index (χ0n) is 23.7. The molecule has 0 saturated heterocycles. The maximum Gasteiger partial charge on any atom is 0.278 e. The Hall–Kier alpha value is -5.09. The molecular weight excluding hydrogens is 561 g/mol. The molecule has 6 aromatic carbocycles. The Kier molecular flexibility index (Phi) is 7.60. The van der Waals surface area contributed by atoms with Crippen LogP contribution in [0.4, 0.5) is 22.7 Å². The monoisotopic (exact) mass is 594 g/mol. The van der Waals surface area contributed by atoms with Crippen molar-refractivity contribution in [2.75, 3.05) is 22.9 Å². The SMILES string of the molecule is Nc1ccc([Si](O[Si](c2ccccc2)(c2ccc(N)cc2)c2ccc(N)cc2)(c2ccccc2)c2ccc(N)cc2)cc1. The summed E-state index contributed by atoms with van der Waals surface area (Å²) in [6.07, 6.45) is 0. The highest BCUT2D eigenvalue weighted by molar-refractivity contribution is 7.18. The number of benzene rings is 6. The predicted molar refractivity (Wildman–Crippen MR) is 187 cm³/mol. The van der Waals surface area contributed by atoms with Gasteiger partial charge in [0.1, 0.15) is 0 Å². The summed E-state index contributed by atoms with van der Waals surface area (Å²) in [6.45, 7) is 0. The van der Waals surface area contributed by atoms with E-state index >= 15 is 0 Å². The van der Waals surface area contributed by atoms with Crippen molar-refractivity contribution in [3.05, 3.63) is 158 Å². The molecule has 212 valence electrons. The van der Waals surface area contributed by atoms with Crippen LogP contribution in [0.2, 0.25) is 0 Å². The predicted octanol–water partition coefficient (Wildman–Crippen LogP) is 2.67. The third-order valence-electron chi connectivity index (χ3n) is 7.94. The van der Waals surface area contributed by atoms with E-state index in [0.717, 1.165) is 31.1 Å². The Labute approximate surface area is 254 Å². The summed E-state index contributed by atoms with van der Waals surface area (Å²) >= 11 is 0. The molecule has 0 saturated carbocycles. The number of nitrogen functional groups attached to an aromatic ring is 4. The summed E-state index contributed by atoms with van der Waals surface area (Å²) in [5.74, 6) is 0. The molecule has 5 nitrogen and oxygen atoms in total. The molecule has 0 unspecified atom stereocenters. The van der Waals surface area contributed by atoms with Crippen molar-refractivity contribution in [1.82, 2.24) is 0 Å². The van der Waals surface area contributed by atoms with Crippen LogP contribution in [0.25, 0.3) is 0 Å². The zero-order valence-corrected chi connectivity index (χ0v) is 25.7. The van der Waals surface area contributed by atoms with E-state index in [1.165, 1.54) is 0 Å². The highest BCUT2D eigenvalue weighted by atomic mass is 28.4. The molecule has 0 radical (unpaired) electrons. The van der Waals surface area contributed by atoms with Gasteiger partial charge >= 0.3 is 0 Å². The second-order valence-electron chi connectivity index (χ2n) is 10.7. The lowest BCUT2D eigenvalue weighted by Gasteiger charge is -2.44. The molecule has 0 aliphatic rings. The van der Waals surface area contributed by atoms with Gasteiger partial charge in [0, 0.05) is 22.7 Å². The van der Waals surface area contributed by atoms with Crippen molar-refractivity contribution in [3.63, 3.8) is 0 Å². The molecule has 8 N–H and O–H groups in total. The summed E-state index contributed by atoms with van der Waals surface area (Å²) in [5, 5.41) is 6.55. The highest BCUT2D eigenvalue weighted by Crippen LogP contribution is 2.21. The summed E-state index contributed by atoms with van der Waals surface area (Å²) in [6, 6.07) is 53.6. The van der Waals surface area contributed by atoms with Gasteiger partial charge in [0.05, 0.1) is 0 Å². The molecule has 0 bridgehead atoms. The maximum absolute atomic E-state index is 8.22. The Morgan fingerprint density at radius 1 is 0.279 bits per heavy atom. The van der Waals surface area contributed by atoms with Crippen molar-refractivity contribution in [2.45, 2.75) is 0 Å². The Morgan fingerprint density at radius 3 is 0.721 bits per heavy atom. The van der Waals surface area contributed by atoms with Crippen LogP contribution >= 0.6 is 0 Å². The van der Waals surface area contributed by atoms with Gasteiger partial charge in [-0.3, -0.25) is 0 Å². The Balaban J connectivity index is 1.77. The molecule has 0 atom stereocenters. The maximum atomic E-state index is 8.22. The van der Waals surface area contributed by atoms with Crippen LogP contribution in [0.15, 0.2) is 158 Å². The fourth-order valence-corrected chi connectivity index (χ4v) is 16.3. The van der Waals surface area contributed by atoms with Crippen LogP contribution in [0, 0.1) is 0 Å². The van der Waals surface area contributed by atoms with Crippen LogP contribution in [0.5, 0.6) is 0 Å². The Morgan fingerprint density at radius 2 is 0.488 bits per heavy atom. The topological polar surface area (TPSA) is 113 Å². The molecule has 0 aromatic heterocycles. The van der Waals surface area contributed by atoms with Gasteiger partial charge in [-0.1, -0.05) is 109 Å². The van der Waals surface area contributed by atoms with E-state index in [9.17, 15) is 0 Å². The van der Waals surface area contributed by atoms with E-state index in [4.69, 9.17) is 27.0 Å². The molecule has 6 rings (SSSR count). The summed E-state index contributed by atoms with van der Waals surface area (Å²) < 4.78 is 8.22. The van der Waals surface area contributed by atoms with E-state index in [2.05, 4.69) is 97.1 Å². The van der Waals surface area contributed by atoms with Gasteiger partial charge in [-0.05, 0) is 79.7 Å². The van der Waals surface area contributed by atoms with Crippen molar-refractivity contribution >= 4 is 70.5 Å². The van der Waals surface area contributed by atoms with Gasteiger partial charge < -0.3 is 27.0 Å². The molecule has 6 aromatic rings. The van der Waals surface area contributed by atoms with E-state index in [-0.39, 0.29) is 0 Å². The molecule has 7 heteroatoms. The lowest BCUT2D eigenvalue weighted by atomic mass is 10.3. The van der Waals surface area contributed by atoms with E-state index in [1.54, 1.807) is 0 Å². The van der Waals surface area contributed by atoms with Gasteiger partial charge in [0.15, 0.2) is 0 Å². The quantitative estimate of drug-likeness (QED) is 0.123. The zero-order chi connectivity index (χ0) is 29.9. The van der Waals surface area contributed by atoms with Crippen LogP contribution in [-0.4, -0.2) is 16.6 Å². The fourth-order valence-electron chi connectivity index (χ4n) is 5.80. The smallest absolute Gasteiger partial charge is 0.278 e. The largest absolute Gasteiger partial charge is 0.435 e. The molecular formula is C36H34N4OSi2. The van der Waals surface area contributed by atoms with Crippen LogP contribution in [0.3, 0.4) is 0 Å². The third-order valence-corrected chi connectivity index (χ3v) is 17.3. The van der Waals surface area contributed by atoms with Crippen molar-refractivity contribution < 1.29 is 4.12 Å². The van der Waals surface area contributed by atoms with Crippen LogP contribution in [-0.2, 0) is 4.12 Å². The average molecular weight is 595 g/mol. The summed E-state index contributed by atoms with van der Waals surface area (Å²) in [5.41, 5.74) is 27.7. The molecule has 0 amide bonds. The van der Waals surface area contributed by atoms with E-state index in [0.29, 0.717) is 22.7 Å². The second kappa shape index (κ2) is 11.7. The molecule has 43 heavy (non-hydrogen) atoms. The average Bonchev–Trinajstić information content (AvgIpc) is 3.05. The number of nitrogens with two attached hydrogens (primary N) is 4. The first-order chi connectivity index (χ1) is 20.9. The van der Waals surface area contributed by atoms with Crippen molar-refractivity contribution in [1.29, 1.82) is 0 Å². The number of anilines is 4. The van der Waals surface area contributed by atoms with Crippen LogP contribution in [0.1, 0.15) is 0 Å². The van der Waals surface area contributed by atoms with E-state index < -0.39 is 16.6 Å². The third kappa shape index (κ3) is 5.21. The minimum atomic E-state index is -3.29. The highest BCUT2D eigenvalue weighted by Gasteiger charge is 2.52. The van der Waals surface area contributed by atoms with E-state index in [1.807, 2.05) is 60.7 Å². The molecule has 0 aliphatic heterocycles. The van der Waals surface area contributed by atoms with Gasteiger partial charge in [0.25, 0.3) is 16.6 Å². The minimum absolute atomic E-state index is 0.695. The Bertz CT molecular complexity index is 1570. The molecule has 0 spiro atoms. The van der Waals surface area contributed by atoms with Crippen molar-refractivity contribution in [3.8, 4) is 0 Å². The van der Waals surface area contributed by atoms with Crippen molar-refractivity contribution in [2.24, 2.45) is 0 Å². The molecule has 0 aliphatic carbocycles. The molecule has 0 fully saturated rings. The molecule has 0 heterocycles. The van der Waals surface area contributed by atoms with Gasteiger partial charge in [-0.25, -0.2) is 0 Å². The summed E-state index contributed by atoms with van der Waals surface area (Å²) in [4.78, 5) is 0. The minimum Gasteiger partial charge on any atom is -0.435 e. The first-order valence-corrected chi connectivity index (χ1v) is 18.0. The standard InChI is InChI=1S/C36H34N4OSi2/c37-27-11-19-33(20-12-27)42(31-7-3-1-4-8-31,34-21-13-28(38)14-22-34)41-43(32-9-5-2-6-10-32,35-23-15-29(39)16-24-35)36-25-17-30(40)18-26-36/h1-26H,37-40H2. The number of hydrogen-bond acceptors (Lipinski definition) is 5. The first kappa shape index (κ1) is 28.1. The van der Waals surface area contributed by atoms with Gasteiger partial charge in [-0.15, -0.1) is 0 Å². The lowest BCUT2D eigenvalue weighted by Crippen LogP contribution is -2.81. The fraction of sp³-hybridized carbons (Fsp3) is 0.